The third kappa shape index (κ3) is 5.18. The minimum absolute atomic E-state index is 0.145. The highest BCUT2D eigenvalue weighted by atomic mass is 15.3. The highest BCUT2D eigenvalue weighted by Crippen LogP contribution is 2.09. The SMILES string of the molecule is C=C(C)CCn1cc(CNC(C)(C)C)c(C)n1. The van der Waals surface area contributed by atoms with Gasteiger partial charge < -0.3 is 5.32 Å². The number of aryl methyl sites for hydroxylation is 2. The monoisotopic (exact) mass is 235 g/mol. The van der Waals surface area contributed by atoms with E-state index in [0.29, 0.717) is 0 Å². The van der Waals surface area contributed by atoms with E-state index in [1.807, 2.05) is 4.68 Å². The van der Waals surface area contributed by atoms with Gasteiger partial charge in [0.05, 0.1) is 5.69 Å². The first-order valence-electron chi connectivity index (χ1n) is 6.20. The van der Waals surface area contributed by atoms with Gasteiger partial charge in [0.2, 0.25) is 0 Å². The Kier molecular flexibility index (Phi) is 4.52. The Balaban J connectivity index is 2.59. The fourth-order valence-electron chi connectivity index (χ4n) is 1.51. The number of rotatable bonds is 5. The van der Waals surface area contributed by atoms with Crippen LogP contribution in [0.4, 0.5) is 0 Å². The Hall–Kier alpha value is -1.09. The summed E-state index contributed by atoms with van der Waals surface area (Å²) in [5, 5.41) is 8.01. The van der Waals surface area contributed by atoms with Crippen LogP contribution in [0.5, 0.6) is 0 Å². The summed E-state index contributed by atoms with van der Waals surface area (Å²) in [6, 6.07) is 0. The summed E-state index contributed by atoms with van der Waals surface area (Å²) >= 11 is 0. The molecule has 0 aromatic carbocycles. The Bertz CT molecular complexity index is 383. The average Bonchev–Trinajstić information content (AvgIpc) is 2.52. The van der Waals surface area contributed by atoms with Crippen LogP contribution in [0.2, 0.25) is 0 Å². The number of hydrogen-bond acceptors (Lipinski definition) is 2. The molecule has 1 N–H and O–H groups in total. The molecule has 1 aromatic rings. The second kappa shape index (κ2) is 5.50. The molecule has 3 heteroatoms. The predicted octanol–water partition coefficient (Wildman–Crippen LogP) is 3.05. The van der Waals surface area contributed by atoms with Crippen molar-refractivity contribution in [3.63, 3.8) is 0 Å². The van der Waals surface area contributed by atoms with E-state index in [9.17, 15) is 0 Å². The van der Waals surface area contributed by atoms with E-state index in [2.05, 4.69) is 57.8 Å². The number of nitrogens with zero attached hydrogens (tertiary/aromatic N) is 2. The molecule has 0 bridgehead atoms. The molecule has 1 rings (SSSR count). The van der Waals surface area contributed by atoms with Gasteiger partial charge in [-0.1, -0.05) is 5.57 Å². The second-order valence-corrected chi connectivity index (χ2v) is 5.81. The van der Waals surface area contributed by atoms with Crippen LogP contribution in [-0.2, 0) is 13.1 Å². The van der Waals surface area contributed by atoms with Crippen molar-refractivity contribution in [2.45, 2.75) is 59.7 Å². The summed E-state index contributed by atoms with van der Waals surface area (Å²) in [6.07, 6.45) is 3.13. The van der Waals surface area contributed by atoms with Crippen molar-refractivity contribution in [2.75, 3.05) is 0 Å². The van der Waals surface area contributed by atoms with Crippen LogP contribution >= 0.6 is 0 Å². The van der Waals surface area contributed by atoms with Gasteiger partial charge in [-0.15, -0.1) is 6.58 Å². The first-order chi connectivity index (χ1) is 7.78. The van der Waals surface area contributed by atoms with Crippen LogP contribution in [0.25, 0.3) is 0 Å². The smallest absolute Gasteiger partial charge is 0.0638 e. The van der Waals surface area contributed by atoms with Crippen LogP contribution in [0.1, 0.15) is 45.4 Å². The Morgan fingerprint density at radius 2 is 2.12 bits per heavy atom. The van der Waals surface area contributed by atoms with E-state index < -0.39 is 0 Å². The highest BCUT2D eigenvalue weighted by Gasteiger charge is 2.11. The van der Waals surface area contributed by atoms with Gasteiger partial charge in [-0.3, -0.25) is 4.68 Å². The fourth-order valence-corrected chi connectivity index (χ4v) is 1.51. The maximum absolute atomic E-state index is 4.52. The molecule has 17 heavy (non-hydrogen) atoms. The molecule has 96 valence electrons. The summed E-state index contributed by atoms with van der Waals surface area (Å²) < 4.78 is 2.02. The van der Waals surface area contributed by atoms with Crippen LogP contribution in [0.15, 0.2) is 18.3 Å². The Labute approximate surface area is 105 Å². The van der Waals surface area contributed by atoms with Crippen molar-refractivity contribution in [2.24, 2.45) is 0 Å². The maximum Gasteiger partial charge on any atom is 0.0638 e. The van der Waals surface area contributed by atoms with E-state index in [1.165, 1.54) is 11.1 Å². The number of hydrogen-bond donors (Lipinski definition) is 1. The predicted molar refractivity (Wildman–Crippen MR) is 73.0 cm³/mol. The van der Waals surface area contributed by atoms with Crippen LogP contribution in [-0.4, -0.2) is 15.3 Å². The molecule has 0 saturated heterocycles. The average molecular weight is 235 g/mol. The molecule has 0 aliphatic heterocycles. The summed E-state index contributed by atoms with van der Waals surface area (Å²) in [5.74, 6) is 0. The van der Waals surface area contributed by atoms with E-state index in [-0.39, 0.29) is 5.54 Å². The van der Waals surface area contributed by atoms with E-state index in [1.54, 1.807) is 0 Å². The lowest BCUT2D eigenvalue weighted by Crippen LogP contribution is -2.35. The standard InChI is InChI=1S/C14H25N3/c1-11(2)7-8-17-10-13(12(3)16-17)9-15-14(4,5)6/h10,15H,1,7-9H2,2-6H3. The molecule has 3 nitrogen and oxygen atoms in total. The molecular weight excluding hydrogens is 210 g/mol. The topological polar surface area (TPSA) is 29.9 Å². The van der Waals surface area contributed by atoms with Crippen molar-refractivity contribution in [3.05, 3.63) is 29.6 Å². The van der Waals surface area contributed by atoms with Crippen molar-refractivity contribution in [1.29, 1.82) is 0 Å². The quantitative estimate of drug-likeness (QED) is 0.795. The third-order valence-electron chi connectivity index (χ3n) is 2.62. The zero-order valence-electron chi connectivity index (χ0n) is 11.8. The normalized spacial score (nSPS) is 11.8. The summed E-state index contributed by atoms with van der Waals surface area (Å²) in [6.45, 7) is 16.4. The highest BCUT2D eigenvalue weighted by molar-refractivity contribution is 5.15. The summed E-state index contributed by atoms with van der Waals surface area (Å²) in [5.41, 5.74) is 3.74. The van der Waals surface area contributed by atoms with E-state index in [0.717, 1.165) is 25.2 Å². The number of nitrogens with one attached hydrogen (secondary N) is 1. The maximum atomic E-state index is 4.52. The van der Waals surface area contributed by atoms with E-state index >= 15 is 0 Å². The van der Waals surface area contributed by atoms with Gasteiger partial charge >= 0.3 is 0 Å². The first kappa shape index (κ1) is 14.0. The van der Waals surface area contributed by atoms with Crippen molar-refractivity contribution < 1.29 is 0 Å². The number of allylic oxidation sites excluding steroid dienone is 1. The summed E-state index contributed by atoms with van der Waals surface area (Å²) in [4.78, 5) is 0. The van der Waals surface area contributed by atoms with Gasteiger partial charge in [0.25, 0.3) is 0 Å². The van der Waals surface area contributed by atoms with Gasteiger partial charge in [-0.2, -0.15) is 5.10 Å². The van der Waals surface area contributed by atoms with Gasteiger partial charge in [0, 0.05) is 30.4 Å². The third-order valence-corrected chi connectivity index (χ3v) is 2.62. The zero-order valence-corrected chi connectivity index (χ0v) is 11.8. The lowest BCUT2D eigenvalue weighted by Gasteiger charge is -2.20. The second-order valence-electron chi connectivity index (χ2n) is 5.81. The van der Waals surface area contributed by atoms with Gasteiger partial charge in [-0.25, -0.2) is 0 Å². The van der Waals surface area contributed by atoms with Crippen LogP contribution in [0.3, 0.4) is 0 Å². The van der Waals surface area contributed by atoms with Crippen molar-refractivity contribution >= 4 is 0 Å². The zero-order chi connectivity index (χ0) is 13.1. The summed E-state index contributed by atoms with van der Waals surface area (Å²) in [7, 11) is 0. The Morgan fingerprint density at radius 3 is 2.65 bits per heavy atom. The van der Waals surface area contributed by atoms with Crippen LogP contribution < -0.4 is 5.32 Å². The molecule has 0 unspecified atom stereocenters. The Morgan fingerprint density at radius 1 is 1.47 bits per heavy atom. The fraction of sp³-hybridized carbons (Fsp3) is 0.643. The molecule has 0 aliphatic carbocycles. The molecule has 1 heterocycles. The van der Waals surface area contributed by atoms with Gasteiger partial charge in [0.15, 0.2) is 0 Å². The molecular formula is C14H25N3. The molecule has 0 radical (unpaired) electrons. The molecule has 0 saturated carbocycles. The van der Waals surface area contributed by atoms with E-state index in [4.69, 9.17) is 0 Å². The molecule has 0 atom stereocenters. The van der Waals surface area contributed by atoms with Crippen LogP contribution in [0, 0.1) is 6.92 Å². The molecule has 0 aliphatic rings. The largest absolute Gasteiger partial charge is 0.308 e. The minimum Gasteiger partial charge on any atom is -0.308 e. The lowest BCUT2D eigenvalue weighted by atomic mass is 10.1. The lowest BCUT2D eigenvalue weighted by molar-refractivity contribution is 0.423. The van der Waals surface area contributed by atoms with Crippen molar-refractivity contribution in [3.8, 4) is 0 Å². The van der Waals surface area contributed by atoms with Gasteiger partial charge in [0.1, 0.15) is 0 Å². The molecule has 0 spiro atoms. The molecule has 0 amide bonds. The molecule has 0 fully saturated rings. The first-order valence-corrected chi connectivity index (χ1v) is 6.20. The van der Waals surface area contributed by atoms with Crippen molar-refractivity contribution in [1.82, 2.24) is 15.1 Å². The minimum atomic E-state index is 0.145. The molecule has 1 aromatic heterocycles. The van der Waals surface area contributed by atoms with Gasteiger partial charge in [-0.05, 0) is 41.0 Å². The number of aromatic nitrogens is 2.